The van der Waals surface area contributed by atoms with Gasteiger partial charge in [-0.3, -0.25) is 4.57 Å². The van der Waals surface area contributed by atoms with Crippen LogP contribution in [0.3, 0.4) is 0 Å². The van der Waals surface area contributed by atoms with Gasteiger partial charge in [0.15, 0.2) is 11.4 Å². The minimum absolute atomic E-state index is 0.111. The average Bonchev–Trinajstić information content (AvgIpc) is 3.25. The largest absolute Gasteiger partial charge is 0.420 e. The summed E-state index contributed by atoms with van der Waals surface area (Å²) in [6.45, 7) is 1.15. The third-order valence-corrected chi connectivity index (χ3v) is 7.72. The SMILES string of the molecule is O=c1oc2cc(S(=O)(=O)N3CCCCC3)ccc2n1Cc1noc(C2CCC2)n1. The van der Waals surface area contributed by atoms with E-state index < -0.39 is 15.8 Å². The summed E-state index contributed by atoms with van der Waals surface area (Å²) in [5.74, 6) is 0.753. The smallest absolute Gasteiger partial charge is 0.408 e. The first kappa shape index (κ1) is 18.6. The zero-order valence-electron chi connectivity index (χ0n) is 15.9. The Morgan fingerprint density at radius 1 is 1.10 bits per heavy atom. The molecule has 0 N–H and O–H groups in total. The maximum Gasteiger partial charge on any atom is 0.420 e. The van der Waals surface area contributed by atoms with E-state index in [1.54, 1.807) is 6.07 Å². The first-order valence-electron chi connectivity index (χ1n) is 9.98. The summed E-state index contributed by atoms with van der Waals surface area (Å²) in [5, 5.41) is 3.97. The van der Waals surface area contributed by atoms with Gasteiger partial charge in [0, 0.05) is 25.1 Å². The minimum atomic E-state index is -3.60. The molecule has 0 radical (unpaired) electrons. The third-order valence-electron chi connectivity index (χ3n) is 5.83. The Morgan fingerprint density at radius 3 is 2.62 bits per heavy atom. The van der Waals surface area contributed by atoms with E-state index in [1.165, 1.54) is 21.0 Å². The Bertz CT molecular complexity index is 1200. The molecule has 0 spiro atoms. The van der Waals surface area contributed by atoms with E-state index in [2.05, 4.69) is 10.1 Å². The molecule has 3 aromatic rings. The summed E-state index contributed by atoms with van der Waals surface area (Å²) < 4.78 is 39.3. The van der Waals surface area contributed by atoms with Gasteiger partial charge in [-0.1, -0.05) is 18.0 Å². The predicted octanol–water partition coefficient (Wildman–Crippen LogP) is 2.47. The maximum absolute atomic E-state index is 12.9. The topological polar surface area (TPSA) is 111 Å². The van der Waals surface area contributed by atoms with Gasteiger partial charge in [0.2, 0.25) is 15.9 Å². The molecule has 154 valence electrons. The lowest BCUT2D eigenvalue weighted by Gasteiger charge is -2.25. The number of hydrogen-bond acceptors (Lipinski definition) is 7. The second kappa shape index (κ2) is 7.10. The standard InChI is InChI=1S/C19H22N4O5S/c24-19-23(12-17-20-18(28-21-17)13-5-4-6-13)15-8-7-14(11-16(15)27-19)29(25,26)22-9-2-1-3-10-22/h7-8,11,13H,1-6,9-10,12H2. The number of piperidine rings is 1. The zero-order valence-corrected chi connectivity index (χ0v) is 16.7. The van der Waals surface area contributed by atoms with Crippen molar-refractivity contribution in [3.8, 4) is 0 Å². The number of nitrogens with zero attached hydrogens (tertiary/aromatic N) is 4. The van der Waals surface area contributed by atoms with Crippen molar-refractivity contribution in [2.75, 3.05) is 13.1 Å². The van der Waals surface area contributed by atoms with Gasteiger partial charge < -0.3 is 8.94 Å². The van der Waals surface area contributed by atoms with Gasteiger partial charge in [-0.2, -0.15) is 9.29 Å². The predicted molar refractivity (Wildman–Crippen MR) is 103 cm³/mol. The van der Waals surface area contributed by atoms with Crippen LogP contribution in [0.1, 0.15) is 56.2 Å². The Balaban J connectivity index is 1.44. The number of benzene rings is 1. The van der Waals surface area contributed by atoms with Crippen molar-refractivity contribution >= 4 is 21.1 Å². The summed E-state index contributed by atoms with van der Waals surface area (Å²) in [5.41, 5.74) is 0.735. The van der Waals surface area contributed by atoms with E-state index in [-0.39, 0.29) is 17.0 Å². The zero-order chi connectivity index (χ0) is 20.0. The van der Waals surface area contributed by atoms with Crippen LogP contribution in [0.25, 0.3) is 11.1 Å². The molecule has 1 saturated carbocycles. The van der Waals surface area contributed by atoms with Gasteiger partial charge in [0.1, 0.15) is 0 Å². The van der Waals surface area contributed by atoms with Gasteiger partial charge >= 0.3 is 5.76 Å². The molecule has 2 aromatic heterocycles. The highest BCUT2D eigenvalue weighted by molar-refractivity contribution is 7.89. The lowest BCUT2D eigenvalue weighted by Crippen LogP contribution is -2.35. The van der Waals surface area contributed by atoms with Crippen molar-refractivity contribution in [1.82, 2.24) is 19.0 Å². The lowest BCUT2D eigenvalue weighted by atomic mass is 9.85. The second-order valence-electron chi connectivity index (χ2n) is 7.73. The quantitative estimate of drug-likeness (QED) is 0.626. The molecule has 5 rings (SSSR count). The highest BCUT2D eigenvalue weighted by atomic mass is 32.2. The molecule has 2 fully saturated rings. The average molecular weight is 418 g/mol. The number of fused-ring (bicyclic) bond motifs is 1. The van der Waals surface area contributed by atoms with Crippen LogP contribution in [0.2, 0.25) is 0 Å². The third kappa shape index (κ3) is 3.29. The number of sulfonamides is 1. The van der Waals surface area contributed by atoms with E-state index >= 15 is 0 Å². The maximum atomic E-state index is 12.9. The van der Waals surface area contributed by atoms with Crippen LogP contribution in [0, 0.1) is 0 Å². The van der Waals surface area contributed by atoms with Crippen molar-refractivity contribution in [1.29, 1.82) is 0 Å². The molecule has 0 amide bonds. The molecule has 9 nitrogen and oxygen atoms in total. The van der Waals surface area contributed by atoms with Crippen molar-refractivity contribution in [3.63, 3.8) is 0 Å². The fraction of sp³-hybridized carbons (Fsp3) is 0.526. The van der Waals surface area contributed by atoms with Crippen molar-refractivity contribution in [2.24, 2.45) is 0 Å². The number of aromatic nitrogens is 3. The summed E-state index contributed by atoms with van der Waals surface area (Å²) in [4.78, 5) is 16.9. The van der Waals surface area contributed by atoms with Crippen LogP contribution in [0.5, 0.6) is 0 Å². The second-order valence-corrected chi connectivity index (χ2v) is 9.66. The van der Waals surface area contributed by atoms with Crippen molar-refractivity contribution in [3.05, 3.63) is 40.5 Å². The van der Waals surface area contributed by atoms with Crippen molar-refractivity contribution < 1.29 is 17.4 Å². The molecule has 0 atom stereocenters. The molecule has 10 heteroatoms. The summed E-state index contributed by atoms with van der Waals surface area (Å²) >= 11 is 0. The van der Waals surface area contributed by atoms with Crippen LogP contribution in [-0.2, 0) is 16.6 Å². The van der Waals surface area contributed by atoms with E-state index in [9.17, 15) is 13.2 Å². The summed E-state index contributed by atoms with van der Waals surface area (Å²) in [6.07, 6.45) is 6.02. The van der Waals surface area contributed by atoms with E-state index in [4.69, 9.17) is 8.94 Å². The van der Waals surface area contributed by atoms with Gasteiger partial charge in [-0.25, -0.2) is 13.2 Å². The van der Waals surface area contributed by atoms with Gasteiger partial charge in [0.25, 0.3) is 0 Å². The minimum Gasteiger partial charge on any atom is -0.408 e. The number of rotatable bonds is 5. The highest BCUT2D eigenvalue weighted by Gasteiger charge is 2.28. The van der Waals surface area contributed by atoms with Gasteiger partial charge in [-0.05, 0) is 37.8 Å². The van der Waals surface area contributed by atoms with Crippen LogP contribution >= 0.6 is 0 Å². The van der Waals surface area contributed by atoms with Crippen LogP contribution in [0.4, 0.5) is 0 Å². The molecular weight excluding hydrogens is 396 g/mol. The molecule has 3 heterocycles. The van der Waals surface area contributed by atoms with E-state index in [0.717, 1.165) is 38.5 Å². The molecule has 1 aromatic carbocycles. The number of hydrogen-bond donors (Lipinski definition) is 0. The first-order chi connectivity index (χ1) is 14.0. The fourth-order valence-electron chi connectivity index (χ4n) is 3.91. The van der Waals surface area contributed by atoms with Crippen molar-refractivity contribution in [2.45, 2.75) is 55.9 Å². The molecule has 29 heavy (non-hydrogen) atoms. The normalized spacial score (nSPS) is 18.9. The lowest BCUT2D eigenvalue weighted by molar-refractivity contribution is 0.291. The summed E-state index contributed by atoms with van der Waals surface area (Å²) in [7, 11) is -3.60. The fourth-order valence-corrected chi connectivity index (χ4v) is 5.44. The number of oxazole rings is 1. The Morgan fingerprint density at radius 2 is 1.90 bits per heavy atom. The highest BCUT2D eigenvalue weighted by Crippen LogP contribution is 2.35. The molecule has 1 aliphatic heterocycles. The molecule has 0 unspecified atom stereocenters. The molecule has 2 aliphatic rings. The van der Waals surface area contributed by atoms with Gasteiger partial charge in [-0.15, -0.1) is 0 Å². The van der Waals surface area contributed by atoms with Crippen LogP contribution < -0.4 is 5.76 Å². The van der Waals surface area contributed by atoms with E-state index in [1.807, 2.05) is 0 Å². The van der Waals surface area contributed by atoms with Crippen LogP contribution in [0.15, 0.2) is 36.8 Å². The van der Waals surface area contributed by atoms with Gasteiger partial charge in [0.05, 0.1) is 17.0 Å². The molecule has 1 aliphatic carbocycles. The summed E-state index contributed by atoms with van der Waals surface area (Å²) in [6, 6.07) is 4.55. The molecule has 0 bridgehead atoms. The van der Waals surface area contributed by atoms with Crippen LogP contribution in [-0.4, -0.2) is 40.5 Å². The Hall–Kier alpha value is -2.46. The molecular formula is C19H22N4O5S. The van der Waals surface area contributed by atoms with E-state index in [0.29, 0.717) is 36.2 Å². The Labute approximate surface area is 167 Å². The Kier molecular flexibility index (Phi) is 4.54. The monoisotopic (exact) mass is 418 g/mol. The first-order valence-corrected chi connectivity index (χ1v) is 11.4. The molecule has 1 saturated heterocycles.